The van der Waals surface area contributed by atoms with Crippen molar-refractivity contribution >= 4 is 40.8 Å². The van der Waals surface area contributed by atoms with Crippen LogP contribution in [-0.4, -0.2) is 48.7 Å². The molecule has 0 unspecified atom stereocenters. The second-order valence-corrected chi connectivity index (χ2v) is 9.79. The van der Waals surface area contributed by atoms with E-state index in [4.69, 9.17) is 9.72 Å². The summed E-state index contributed by atoms with van der Waals surface area (Å²) in [5.41, 5.74) is 3.83. The molecule has 0 radical (unpaired) electrons. The smallest absolute Gasteiger partial charge is 0.330 e. The first-order valence-electron chi connectivity index (χ1n) is 13.1. The van der Waals surface area contributed by atoms with Crippen molar-refractivity contribution in [1.29, 1.82) is 0 Å². The summed E-state index contributed by atoms with van der Waals surface area (Å²) in [5.74, 6) is 1.67. The third kappa shape index (κ3) is 5.85. The molecule has 1 aromatic heterocycles. The first kappa shape index (κ1) is 26.2. The Kier molecular flexibility index (Phi) is 7.74. The summed E-state index contributed by atoms with van der Waals surface area (Å²) in [6, 6.07) is 13.0. The van der Waals surface area contributed by atoms with Gasteiger partial charge in [-0.2, -0.15) is 4.98 Å². The van der Waals surface area contributed by atoms with Crippen molar-refractivity contribution in [2.75, 3.05) is 47.2 Å². The molecule has 1 saturated heterocycles. The lowest BCUT2D eigenvalue weighted by atomic mass is 9.97. The van der Waals surface area contributed by atoms with Crippen molar-refractivity contribution in [2.24, 2.45) is 5.92 Å². The highest BCUT2D eigenvalue weighted by Crippen LogP contribution is 2.35. The van der Waals surface area contributed by atoms with Crippen LogP contribution in [0.5, 0.6) is 5.75 Å². The Labute approximate surface area is 228 Å². The molecular formula is C29H33N7O3. The fourth-order valence-electron chi connectivity index (χ4n) is 4.97. The number of urea groups is 1. The molecule has 0 atom stereocenters. The number of nitrogens with one attached hydrogen (secondary N) is 3. The molecular weight excluding hydrogens is 494 g/mol. The van der Waals surface area contributed by atoms with E-state index >= 15 is 0 Å². The second-order valence-electron chi connectivity index (χ2n) is 9.79. The predicted molar refractivity (Wildman–Crippen MR) is 153 cm³/mol. The molecule has 0 bridgehead atoms. The molecule has 3 aromatic rings. The van der Waals surface area contributed by atoms with Crippen LogP contribution in [0.15, 0.2) is 61.3 Å². The molecule has 2 aliphatic rings. The minimum absolute atomic E-state index is 0.128. The molecule has 0 aliphatic carbocycles. The van der Waals surface area contributed by atoms with E-state index in [1.165, 1.54) is 6.08 Å². The van der Waals surface area contributed by atoms with Crippen LogP contribution in [0.1, 0.15) is 24.0 Å². The Morgan fingerprint density at radius 1 is 1.21 bits per heavy atom. The molecule has 5 rings (SSSR count). The number of piperidine rings is 1. The van der Waals surface area contributed by atoms with Gasteiger partial charge < -0.3 is 20.7 Å². The lowest BCUT2D eigenvalue weighted by Crippen LogP contribution is -2.50. The van der Waals surface area contributed by atoms with Crippen LogP contribution in [0.2, 0.25) is 0 Å². The number of carbonyl (C=O) groups is 2. The van der Waals surface area contributed by atoms with Gasteiger partial charge in [-0.15, -0.1) is 0 Å². The van der Waals surface area contributed by atoms with Gasteiger partial charge in [0.25, 0.3) is 0 Å². The van der Waals surface area contributed by atoms with E-state index in [1.807, 2.05) is 43.3 Å². The lowest BCUT2D eigenvalue weighted by molar-refractivity contribution is -0.111. The minimum atomic E-state index is -0.317. The Hall–Kier alpha value is -4.44. The van der Waals surface area contributed by atoms with Gasteiger partial charge >= 0.3 is 6.03 Å². The normalized spacial score (nSPS) is 15.5. The van der Waals surface area contributed by atoms with E-state index in [1.54, 1.807) is 29.2 Å². The van der Waals surface area contributed by atoms with Gasteiger partial charge in [0.1, 0.15) is 11.6 Å². The number of rotatable bonds is 8. The number of amides is 3. The standard InChI is InChI=1S/C29H33N7O3/c1-4-26(37)32-24-7-5-6-8-25(24)33-28-31-16-21-18-35(22-13-19(2)14-23(15-22)39-3)29(38)36(27(21)34-28)17-20-9-11-30-12-10-20/h4-8,13-16,20,30H,1,9-12,17-18H2,2-3H3,(H,32,37)(H,31,33,34). The number of ether oxygens (including phenoxy) is 1. The van der Waals surface area contributed by atoms with E-state index < -0.39 is 0 Å². The molecule has 0 saturated carbocycles. The summed E-state index contributed by atoms with van der Waals surface area (Å²) >= 11 is 0. The first-order valence-corrected chi connectivity index (χ1v) is 13.1. The van der Waals surface area contributed by atoms with Crippen molar-refractivity contribution in [2.45, 2.75) is 26.3 Å². The maximum atomic E-state index is 14.0. The molecule has 39 heavy (non-hydrogen) atoms. The predicted octanol–water partition coefficient (Wildman–Crippen LogP) is 4.61. The van der Waals surface area contributed by atoms with Crippen molar-refractivity contribution in [1.82, 2.24) is 15.3 Å². The number of nitrogens with zero attached hydrogens (tertiary/aromatic N) is 4. The van der Waals surface area contributed by atoms with Crippen molar-refractivity contribution in [3.63, 3.8) is 0 Å². The largest absolute Gasteiger partial charge is 0.497 e. The van der Waals surface area contributed by atoms with Crippen molar-refractivity contribution < 1.29 is 14.3 Å². The molecule has 202 valence electrons. The molecule has 1 fully saturated rings. The number of benzene rings is 2. The molecule has 10 nitrogen and oxygen atoms in total. The van der Waals surface area contributed by atoms with E-state index in [9.17, 15) is 9.59 Å². The van der Waals surface area contributed by atoms with Gasteiger partial charge in [-0.1, -0.05) is 18.7 Å². The van der Waals surface area contributed by atoms with Crippen LogP contribution in [0, 0.1) is 12.8 Å². The number of carbonyl (C=O) groups excluding carboxylic acids is 2. The number of aromatic nitrogens is 2. The molecule has 10 heteroatoms. The van der Waals surface area contributed by atoms with Crippen LogP contribution < -0.4 is 30.5 Å². The highest BCUT2D eigenvalue weighted by Gasteiger charge is 2.35. The monoisotopic (exact) mass is 527 g/mol. The Balaban J connectivity index is 1.49. The van der Waals surface area contributed by atoms with Crippen LogP contribution in [0.3, 0.4) is 0 Å². The van der Waals surface area contributed by atoms with Gasteiger partial charge in [0.05, 0.1) is 25.0 Å². The van der Waals surface area contributed by atoms with E-state index in [0.717, 1.165) is 42.7 Å². The number of aryl methyl sites for hydroxylation is 1. The molecule has 3 heterocycles. The van der Waals surface area contributed by atoms with Gasteiger partial charge in [-0.25, -0.2) is 9.78 Å². The number of anilines is 5. The van der Waals surface area contributed by atoms with Gasteiger partial charge in [0.15, 0.2) is 0 Å². The van der Waals surface area contributed by atoms with Crippen LogP contribution >= 0.6 is 0 Å². The van der Waals surface area contributed by atoms with Crippen molar-refractivity contribution in [3.8, 4) is 5.75 Å². The summed E-state index contributed by atoms with van der Waals surface area (Å²) in [6.07, 6.45) is 4.96. The van der Waals surface area contributed by atoms with Gasteiger partial charge in [0.2, 0.25) is 11.9 Å². The van der Waals surface area contributed by atoms with Gasteiger partial charge in [-0.3, -0.25) is 14.6 Å². The summed E-state index contributed by atoms with van der Waals surface area (Å²) in [4.78, 5) is 38.8. The maximum absolute atomic E-state index is 14.0. The van der Waals surface area contributed by atoms with E-state index in [0.29, 0.717) is 47.9 Å². The minimum Gasteiger partial charge on any atom is -0.497 e. The zero-order valence-corrected chi connectivity index (χ0v) is 22.2. The highest BCUT2D eigenvalue weighted by atomic mass is 16.5. The Morgan fingerprint density at radius 2 is 1.97 bits per heavy atom. The Morgan fingerprint density at radius 3 is 2.72 bits per heavy atom. The molecule has 3 N–H and O–H groups in total. The molecule has 2 aromatic carbocycles. The van der Waals surface area contributed by atoms with Gasteiger partial charge in [0, 0.05) is 30.1 Å². The number of hydrogen-bond donors (Lipinski definition) is 3. The third-order valence-electron chi connectivity index (χ3n) is 6.99. The summed E-state index contributed by atoms with van der Waals surface area (Å²) in [7, 11) is 1.62. The fourth-order valence-corrected chi connectivity index (χ4v) is 4.97. The summed E-state index contributed by atoms with van der Waals surface area (Å²) < 4.78 is 5.47. The lowest BCUT2D eigenvalue weighted by Gasteiger charge is -2.38. The Bertz CT molecular complexity index is 1390. The average molecular weight is 528 g/mol. The van der Waals surface area contributed by atoms with Crippen LogP contribution in [-0.2, 0) is 11.3 Å². The summed E-state index contributed by atoms with van der Waals surface area (Å²) in [6.45, 7) is 8.27. The fraction of sp³-hybridized carbons (Fsp3) is 0.310. The molecule has 2 aliphatic heterocycles. The average Bonchev–Trinajstić information content (AvgIpc) is 2.95. The second kappa shape index (κ2) is 11.5. The van der Waals surface area contributed by atoms with Crippen LogP contribution in [0.25, 0.3) is 0 Å². The first-order chi connectivity index (χ1) is 18.9. The summed E-state index contributed by atoms with van der Waals surface area (Å²) in [5, 5.41) is 9.39. The van der Waals surface area contributed by atoms with E-state index in [-0.39, 0.29) is 11.9 Å². The zero-order chi connectivity index (χ0) is 27.4. The number of para-hydroxylation sites is 2. The maximum Gasteiger partial charge on any atom is 0.330 e. The van der Waals surface area contributed by atoms with Crippen LogP contribution in [0.4, 0.5) is 33.6 Å². The number of methoxy groups -OCH3 is 1. The highest BCUT2D eigenvalue weighted by molar-refractivity contribution is 6.05. The van der Waals surface area contributed by atoms with Gasteiger partial charge in [-0.05, 0) is 74.7 Å². The number of fused-ring (bicyclic) bond motifs is 1. The van der Waals surface area contributed by atoms with E-state index in [2.05, 4.69) is 27.5 Å². The SMILES string of the molecule is C=CC(=O)Nc1ccccc1Nc1ncc2c(n1)N(CC1CCNCC1)C(=O)N(c1cc(C)cc(OC)c1)C2. The number of hydrogen-bond acceptors (Lipinski definition) is 7. The van der Waals surface area contributed by atoms with Crippen molar-refractivity contribution in [3.05, 3.63) is 72.4 Å². The molecule has 3 amide bonds. The third-order valence-corrected chi connectivity index (χ3v) is 6.99. The zero-order valence-electron chi connectivity index (χ0n) is 22.2. The molecule has 0 spiro atoms. The quantitative estimate of drug-likeness (QED) is 0.367. The topological polar surface area (TPSA) is 112 Å².